The van der Waals surface area contributed by atoms with Crippen LogP contribution >= 0.6 is 11.8 Å². The van der Waals surface area contributed by atoms with E-state index in [1.165, 1.54) is 22.9 Å². The highest BCUT2D eigenvalue weighted by Gasteiger charge is 2.20. The monoisotopic (exact) mass is 489 g/mol. The number of hydrogen-bond donors (Lipinski definition) is 1. The smallest absolute Gasteiger partial charge is 0.242 e. The molecule has 0 spiro atoms. The van der Waals surface area contributed by atoms with Crippen LogP contribution < -0.4 is 4.90 Å². The van der Waals surface area contributed by atoms with Gasteiger partial charge in [-0.3, -0.25) is 9.69 Å². The van der Waals surface area contributed by atoms with Gasteiger partial charge in [0.1, 0.15) is 0 Å². The molecule has 1 aromatic heterocycles. The number of aryl methyl sites for hydroxylation is 2. The highest BCUT2D eigenvalue weighted by Crippen LogP contribution is 2.34. The summed E-state index contributed by atoms with van der Waals surface area (Å²) in [6.45, 7) is 4.16. The van der Waals surface area contributed by atoms with Crippen LogP contribution in [0.4, 0.5) is 11.4 Å². The van der Waals surface area contributed by atoms with E-state index in [1.807, 2.05) is 60.7 Å². The molecule has 0 bridgehead atoms. The standard InChI is InChI=1S/C31H27N3OS/c1-22-13-17-24(18-14-22)29-30(25-19-15-23(2)16-20-25)33-31(32-29)36-21-28(35)34(26-9-5-3-6-10-26)27-11-7-4-8-12-27/h3-20H,21H2,1-2H3,(H,32,33). The number of rotatable bonds is 7. The zero-order chi connectivity index (χ0) is 24.9. The fourth-order valence-electron chi connectivity index (χ4n) is 4.06. The SMILES string of the molecule is Cc1ccc(-c2nc(SCC(=O)N(c3ccccc3)c3ccccc3)[nH]c2-c2ccc(C)cc2)cc1. The lowest BCUT2D eigenvalue weighted by Crippen LogP contribution is -2.27. The van der Waals surface area contributed by atoms with Gasteiger partial charge in [0.05, 0.1) is 17.1 Å². The summed E-state index contributed by atoms with van der Waals surface area (Å²) in [5.41, 5.74) is 8.04. The molecule has 4 aromatic carbocycles. The van der Waals surface area contributed by atoms with Crippen LogP contribution in [0.3, 0.4) is 0 Å². The topological polar surface area (TPSA) is 49.0 Å². The van der Waals surface area contributed by atoms with Gasteiger partial charge in [0.15, 0.2) is 5.16 Å². The summed E-state index contributed by atoms with van der Waals surface area (Å²) < 4.78 is 0. The number of hydrogen-bond acceptors (Lipinski definition) is 3. The number of aromatic nitrogens is 2. The fraction of sp³-hybridized carbons (Fsp3) is 0.0968. The van der Waals surface area contributed by atoms with Crippen LogP contribution in [-0.4, -0.2) is 21.6 Å². The first-order valence-corrected chi connectivity index (χ1v) is 12.9. The second-order valence-electron chi connectivity index (χ2n) is 8.69. The third-order valence-electron chi connectivity index (χ3n) is 5.96. The van der Waals surface area contributed by atoms with Crippen LogP contribution in [0, 0.1) is 13.8 Å². The number of carbonyl (C=O) groups excluding carboxylic acids is 1. The van der Waals surface area contributed by atoms with E-state index < -0.39 is 0 Å². The number of H-pyrrole nitrogens is 1. The summed E-state index contributed by atoms with van der Waals surface area (Å²) in [6.07, 6.45) is 0. The zero-order valence-corrected chi connectivity index (χ0v) is 21.1. The number of carbonyl (C=O) groups is 1. The van der Waals surface area contributed by atoms with Crippen molar-refractivity contribution in [2.45, 2.75) is 19.0 Å². The van der Waals surface area contributed by atoms with Crippen molar-refractivity contribution in [1.29, 1.82) is 0 Å². The molecular formula is C31H27N3OS. The Morgan fingerprint density at radius 1 is 0.722 bits per heavy atom. The first kappa shape index (κ1) is 23.6. The minimum absolute atomic E-state index is 0.0115. The Morgan fingerprint density at radius 3 is 1.75 bits per heavy atom. The molecule has 0 aliphatic heterocycles. The third kappa shape index (κ3) is 5.26. The van der Waals surface area contributed by atoms with E-state index >= 15 is 0 Å². The lowest BCUT2D eigenvalue weighted by Gasteiger charge is -2.22. The highest BCUT2D eigenvalue weighted by molar-refractivity contribution is 7.99. The predicted molar refractivity (Wildman–Crippen MR) is 150 cm³/mol. The number of thioether (sulfide) groups is 1. The summed E-state index contributed by atoms with van der Waals surface area (Å²) in [7, 11) is 0. The third-order valence-corrected chi connectivity index (χ3v) is 6.82. The van der Waals surface area contributed by atoms with Crippen molar-refractivity contribution in [3.63, 3.8) is 0 Å². The van der Waals surface area contributed by atoms with Gasteiger partial charge in [-0.15, -0.1) is 0 Å². The number of imidazole rings is 1. The molecule has 36 heavy (non-hydrogen) atoms. The van der Waals surface area contributed by atoms with Gasteiger partial charge in [-0.25, -0.2) is 4.98 Å². The van der Waals surface area contributed by atoms with Crippen molar-refractivity contribution < 1.29 is 4.79 Å². The molecule has 0 fully saturated rings. The number of nitrogens with one attached hydrogen (secondary N) is 1. The first-order chi connectivity index (χ1) is 17.6. The lowest BCUT2D eigenvalue weighted by molar-refractivity contribution is -0.115. The van der Waals surface area contributed by atoms with Crippen LogP contribution in [-0.2, 0) is 4.79 Å². The van der Waals surface area contributed by atoms with Crippen LogP contribution in [0.15, 0.2) is 114 Å². The van der Waals surface area contributed by atoms with Crippen LogP contribution in [0.2, 0.25) is 0 Å². The maximum atomic E-state index is 13.5. The maximum Gasteiger partial charge on any atom is 0.242 e. The van der Waals surface area contributed by atoms with Crippen LogP contribution in [0.5, 0.6) is 0 Å². The van der Waals surface area contributed by atoms with Crippen molar-refractivity contribution in [2.75, 3.05) is 10.7 Å². The second-order valence-corrected chi connectivity index (χ2v) is 9.65. The average Bonchev–Trinajstić information content (AvgIpc) is 3.34. The van der Waals surface area contributed by atoms with Crippen molar-refractivity contribution in [2.24, 2.45) is 0 Å². The largest absolute Gasteiger partial charge is 0.332 e. The van der Waals surface area contributed by atoms with E-state index in [0.29, 0.717) is 0 Å². The summed E-state index contributed by atoms with van der Waals surface area (Å²) in [5, 5.41) is 0.718. The molecule has 0 radical (unpaired) electrons. The Bertz CT molecular complexity index is 1340. The molecule has 5 heteroatoms. The molecular weight excluding hydrogens is 462 g/mol. The van der Waals surface area contributed by atoms with E-state index in [4.69, 9.17) is 4.98 Å². The summed E-state index contributed by atoms with van der Waals surface area (Å²) in [5.74, 6) is 0.236. The number of benzene rings is 4. The Kier molecular flexibility index (Phi) is 7.01. The molecule has 0 unspecified atom stereocenters. The Hall–Kier alpha value is -4.09. The van der Waals surface area contributed by atoms with E-state index in [1.54, 1.807) is 4.90 Å². The van der Waals surface area contributed by atoms with E-state index in [0.717, 1.165) is 39.0 Å². The molecule has 0 aliphatic carbocycles. The fourth-order valence-corrected chi connectivity index (χ4v) is 4.77. The predicted octanol–water partition coefficient (Wildman–Crippen LogP) is 7.82. The number of aromatic amines is 1. The van der Waals surface area contributed by atoms with E-state index in [-0.39, 0.29) is 11.7 Å². The molecule has 1 heterocycles. The Labute approximate surface area is 216 Å². The van der Waals surface area contributed by atoms with Gasteiger partial charge < -0.3 is 4.98 Å². The van der Waals surface area contributed by atoms with E-state index in [9.17, 15) is 4.79 Å². The molecule has 4 nitrogen and oxygen atoms in total. The number of anilines is 2. The normalized spacial score (nSPS) is 10.8. The van der Waals surface area contributed by atoms with Crippen LogP contribution in [0.25, 0.3) is 22.5 Å². The summed E-state index contributed by atoms with van der Waals surface area (Å²) in [6, 6.07) is 36.3. The van der Waals surface area contributed by atoms with Crippen molar-refractivity contribution >= 4 is 29.0 Å². The Balaban J connectivity index is 1.44. The maximum absolute atomic E-state index is 13.5. The highest BCUT2D eigenvalue weighted by atomic mass is 32.2. The lowest BCUT2D eigenvalue weighted by atomic mass is 10.0. The molecule has 0 aliphatic rings. The van der Waals surface area contributed by atoms with Crippen molar-refractivity contribution in [3.8, 4) is 22.5 Å². The van der Waals surface area contributed by atoms with Gasteiger partial charge in [0.2, 0.25) is 5.91 Å². The van der Waals surface area contributed by atoms with Crippen molar-refractivity contribution in [3.05, 3.63) is 120 Å². The van der Waals surface area contributed by atoms with Crippen molar-refractivity contribution in [1.82, 2.24) is 9.97 Å². The summed E-state index contributed by atoms with van der Waals surface area (Å²) >= 11 is 1.42. The van der Waals surface area contributed by atoms with Gasteiger partial charge in [-0.05, 0) is 38.1 Å². The molecule has 1 N–H and O–H groups in total. The first-order valence-electron chi connectivity index (χ1n) is 11.9. The second kappa shape index (κ2) is 10.7. The van der Waals surface area contributed by atoms with Gasteiger partial charge in [0.25, 0.3) is 0 Å². The van der Waals surface area contributed by atoms with E-state index in [2.05, 4.69) is 67.4 Å². The van der Waals surface area contributed by atoms with Gasteiger partial charge in [0, 0.05) is 22.5 Å². The average molecular weight is 490 g/mol. The van der Waals surface area contributed by atoms with Gasteiger partial charge in [-0.2, -0.15) is 0 Å². The minimum Gasteiger partial charge on any atom is -0.332 e. The number of amides is 1. The van der Waals surface area contributed by atoms with Gasteiger partial charge in [-0.1, -0.05) is 108 Å². The molecule has 178 valence electrons. The molecule has 0 atom stereocenters. The minimum atomic E-state index is -0.0115. The molecule has 5 aromatic rings. The molecule has 5 rings (SSSR count). The summed E-state index contributed by atoms with van der Waals surface area (Å²) in [4.78, 5) is 23.7. The molecule has 0 saturated carbocycles. The quantitative estimate of drug-likeness (QED) is 0.237. The van der Waals surface area contributed by atoms with Gasteiger partial charge >= 0.3 is 0 Å². The van der Waals surface area contributed by atoms with Crippen LogP contribution in [0.1, 0.15) is 11.1 Å². The number of nitrogens with zero attached hydrogens (tertiary/aromatic N) is 2. The molecule has 1 amide bonds. The number of para-hydroxylation sites is 2. The zero-order valence-electron chi connectivity index (χ0n) is 20.3. The molecule has 0 saturated heterocycles. The Morgan fingerprint density at radius 2 is 1.22 bits per heavy atom.